The van der Waals surface area contributed by atoms with E-state index in [1.165, 1.54) is 9.91 Å². The lowest BCUT2D eigenvalue weighted by atomic mass is 10.0. The average Bonchev–Trinajstić information content (AvgIpc) is 3.71. The van der Waals surface area contributed by atoms with Crippen LogP contribution >= 0.6 is 23.1 Å². The maximum Gasteiger partial charge on any atom is 0.328 e. The fourth-order valence-electron chi connectivity index (χ4n) is 7.89. The summed E-state index contributed by atoms with van der Waals surface area (Å²) in [4.78, 5) is 77.3. The summed E-state index contributed by atoms with van der Waals surface area (Å²) in [6.07, 6.45) is 4.80. The number of carboxylic acid groups (broad SMARTS) is 2. The number of carbonyl (C=O) groups excluding carboxylic acids is 4. The van der Waals surface area contributed by atoms with Crippen LogP contribution in [0.1, 0.15) is 73.6 Å². The first-order valence-electron chi connectivity index (χ1n) is 21.4. The van der Waals surface area contributed by atoms with Gasteiger partial charge in [-0.05, 0) is 87.8 Å². The molecule has 16 nitrogen and oxygen atoms in total. The summed E-state index contributed by atoms with van der Waals surface area (Å²) in [6, 6.07) is 20.2. The molecule has 0 saturated carbocycles. The predicted octanol–water partition coefficient (Wildman–Crippen LogP) is 3.74. The van der Waals surface area contributed by atoms with Gasteiger partial charge in [-0.25, -0.2) is 9.80 Å². The number of ether oxygens (including phenoxy) is 2. The van der Waals surface area contributed by atoms with Gasteiger partial charge in [0.1, 0.15) is 24.7 Å². The van der Waals surface area contributed by atoms with Crippen LogP contribution < -0.4 is 10.6 Å². The van der Waals surface area contributed by atoms with Gasteiger partial charge in [-0.1, -0.05) is 66.7 Å². The number of aliphatic carboxylic acids is 2. The van der Waals surface area contributed by atoms with Gasteiger partial charge in [0.2, 0.25) is 5.91 Å². The summed E-state index contributed by atoms with van der Waals surface area (Å²) in [5.41, 5.74) is 2.20. The van der Waals surface area contributed by atoms with Gasteiger partial charge in [0, 0.05) is 30.3 Å². The number of hydrazine groups is 1. The van der Waals surface area contributed by atoms with Crippen molar-refractivity contribution in [2.45, 2.75) is 101 Å². The number of carboxylic acids is 2. The van der Waals surface area contributed by atoms with Crippen molar-refractivity contribution in [2.75, 3.05) is 45.1 Å². The molecule has 0 radical (unpaired) electrons. The summed E-state index contributed by atoms with van der Waals surface area (Å²) >= 11 is 3.20. The molecule has 1 aromatic heterocycles. The van der Waals surface area contributed by atoms with Crippen molar-refractivity contribution >= 4 is 58.8 Å². The van der Waals surface area contributed by atoms with Crippen LogP contribution in [0.3, 0.4) is 0 Å². The van der Waals surface area contributed by atoms with Crippen LogP contribution in [-0.2, 0) is 51.1 Å². The number of fused-ring (bicyclic) bond motifs is 1. The number of amides is 2. The fraction of sp³-hybridized carbons (Fsp3) is 0.511. The van der Waals surface area contributed by atoms with Crippen LogP contribution in [0.25, 0.3) is 0 Å². The molecule has 344 valence electrons. The maximum absolute atomic E-state index is 13.3. The highest BCUT2D eigenvalue weighted by Gasteiger charge is 2.43. The number of nitrogens with one attached hydrogen (secondary N) is 2. The smallest absolute Gasteiger partial charge is 0.328 e. The minimum Gasteiger partial charge on any atom is -0.480 e. The van der Waals surface area contributed by atoms with Crippen LogP contribution in [-0.4, -0.2) is 142 Å². The third-order valence-corrected chi connectivity index (χ3v) is 13.4. The highest BCUT2D eigenvalue weighted by Crippen LogP contribution is 2.36. The van der Waals surface area contributed by atoms with E-state index in [0.717, 1.165) is 28.8 Å². The quantitative estimate of drug-likeness (QED) is 0.134. The standard InChI is InChI=1S/C23H28N2O5S2.C22H31N3O5.H2O/c1-2-30-23(29)17(11-10-16-7-4-3-5-8-16)24-18-15-32-20(19-9-6-12-31-19)13-25(22(18)28)14-21(26)27;1-2-30-22(29)18(13-12-16-8-4-3-5-9-16)23-17-10-6-14-24-15-7-11-19(21(27)28)25(24)20(17)26;/h3-9,12,17-18,20,24H,2,10-11,13-15H2,1H3,(H,26,27);3-5,8-9,17-19,23H,2,6-7,10-15H2,1H3,(H,27,28);1H2/t17-,18-,20-;17-,18-,19-;/m00./s1. The van der Waals surface area contributed by atoms with Crippen molar-refractivity contribution in [3.05, 3.63) is 94.2 Å². The predicted molar refractivity (Wildman–Crippen MR) is 240 cm³/mol. The average molecular weight is 912 g/mol. The second-order valence-corrected chi connectivity index (χ2v) is 17.5. The zero-order valence-corrected chi connectivity index (χ0v) is 37.5. The Balaban J connectivity index is 0.000000273. The lowest BCUT2D eigenvalue weighted by molar-refractivity contribution is -0.174. The number of benzene rings is 2. The lowest BCUT2D eigenvalue weighted by Gasteiger charge is -2.42. The lowest BCUT2D eigenvalue weighted by Crippen LogP contribution is -2.61. The maximum atomic E-state index is 13.3. The number of hydrogen-bond acceptors (Lipinski definition) is 13. The highest BCUT2D eigenvalue weighted by molar-refractivity contribution is 7.99. The van der Waals surface area contributed by atoms with Crippen molar-refractivity contribution in [3.8, 4) is 0 Å². The van der Waals surface area contributed by atoms with Gasteiger partial charge in [0.25, 0.3) is 5.91 Å². The first-order chi connectivity index (χ1) is 30.0. The molecule has 3 fully saturated rings. The molecule has 3 aromatic rings. The normalized spacial score (nSPS) is 21.2. The Hall–Kier alpha value is -4.85. The Morgan fingerprint density at radius 2 is 1.32 bits per heavy atom. The SMILES string of the molecule is CCOC(=O)[C@H](CCc1ccccc1)N[C@H]1CCCN2CCC[C@@H](C(=O)O)N2C1=O.CCOC(=O)[C@H](CCc1ccccc1)N[C@H]1CS[C@H](c2cccs2)CN(CC(=O)O)C1=O.O. The molecule has 2 aromatic carbocycles. The van der Waals surface area contributed by atoms with Gasteiger partial charge in [0.15, 0.2) is 0 Å². The number of carbonyl (C=O) groups is 6. The molecular weight excluding hydrogens is 851 g/mol. The molecule has 2 amide bonds. The Bertz CT molecular complexity index is 1910. The molecule has 0 bridgehead atoms. The number of rotatable bonds is 18. The molecule has 0 spiro atoms. The van der Waals surface area contributed by atoms with Crippen molar-refractivity contribution < 1.29 is 53.9 Å². The van der Waals surface area contributed by atoms with Gasteiger partial charge >= 0.3 is 23.9 Å². The van der Waals surface area contributed by atoms with Gasteiger partial charge in [-0.3, -0.25) is 39.6 Å². The zero-order valence-electron chi connectivity index (χ0n) is 35.9. The molecule has 6 rings (SSSR count). The molecule has 3 aliphatic heterocycles. The number of hydrogen-bond donors (Lipinski definition) is 4. The van der Waals surface area contributed by atoms with Crippen LogP contribution in [0.4, 0.5) is 0 Å². The van der Waals surface area contributed by atoms with E-state index in [9.17, 15) is 39.0 Å². The molecule has 0 aliphatic carbocycles. The molecule has 0 unspecified atom stereocenters. The van der Waals surface area contributed by atoms with Gasteiger partial charge < -0.3 is 30.1 Å². The highest BCUT2D eigenvalue weighted by atomic mass is 32.2. The van der Waals surface area contributed by atoms with Crippen LogP contribution in [0.15, 0.2) is 78.2 Å². The molecule has 6 N–H and O–H groups in total. The summed E-state index contributed by atoms with van der Waals surface area (Å²) in [5, 5.41) is 30.6. The first kappa shape index (κ1) is 50.8. The van der Waals surface area contributed by atoms with Gasteiger partial charge in [-0.15, -0.1) is 23.1 Å². The van der Waals surface area contributed by atoms with Crippen LogP contribution in [0.5, 0.6) is 0 Å². The van der Waals surface area contributed by atoms with E-state index in [2.05, 4.69) is 10.6 Å². The molecule has 6 atom stereocenters. The second kappa shape index (κ2) is 26.1. The van der Waals surface area contributed by atoms with E-state index in [1.807, 2.05) is 83.2 Å². The van der Waals surface area contributed by atoms with Gasteiger partial charge in [-0.2, -0.15) is 0 Å². The van der Waals surface area contributed by atoms with Gasteiger partial charge in [0.05, 0.1) is 30.5 Å². The summed E-state index contributed by atoms with van der Waals surface area (Å²) in [5.74, 6) is -2.94. The number of nitrogens with zero attached hydrogens (tertiary/aromatic N) is 3. The second-order valence-electron chi connectivity index (χ2n) is 15.3. The Kier molecular flexibility index (Phi) is 21.0. The Labute approximate surface area is 376 Å². The minimum absolute atomic E-state index is 0. The third kappa shape index (κ3) is 15.1. The monoisotopic (exact) mass is 911 g/mol. The summed E-state index contributed by atoms with van der Waals surface area (Å²) in [7, 11) is 0. The van der Waals surface area contributed by atoms with Crippen LogP contribution in [0, 0.1) is 0 Å². The third-order valence-electron chi connectivity index (χ3n) is 10.9. The van der Waals surface area contributed by atoms with E-state index in [0.29, 0.717) is 63.9 Å². The number of thioether (sulfide) groups is 1. The summed E-state index contributed by atoms with van der Waals surface area (Å²) < 4.78 is 10.5. The Morgan fingerprint density at radius 1 is 0.762 bits per heavy atom. The molecule has 3 saturated heterocycles. The van der Waals surface area contributed by atoms with E-state index in [4.69, 9.17) is 9.47 Å². The van der Waals surface area contributed by atoms with E-state index >= 15 is 0 Å². The molecule has 3 aliphatic rings. The fourth-order valence-corrected chi connectivity index (χ4v) is 10.2. The molecular formula is C45H61N5O11S2. The minimum atomic E-state index is -1.06. The largest absolute Gasteiger partial charge is 0.480 e. The van der Waals surface area contributed by atoms with Crippen molar-refractivity contribution in [3.63, 3.8) is 0 Å². The van der Waals surface area contributed by atoms with E-state index < -0.39 is 48.1 Å². The molecule has 63 heavy (non-hydrogen) atoms. The molecule has 4 heterocycles. The summed E-state index contributed by atoms with van der Waals surface area (Å²) in [6.45, 7) is 5.30. The van der Waals surface area contributed by atoms with Crippen molar-refractivity contribution in [2.24, 2.45) is 0 Å². The van der Waals surface area contributed by atoms with E-state index in [1.54, 1.807) is 36.9 Å². The molecule has 18 heteroatoms. The van der Waals surface area contributed by atoms with E-state index in [-0.39, 0.29) is 48.3 Å². The Morgan fingerprint density at radius 3 is 1.83 bits per heavy atom. The first-order valence-corrected chi connectivity index (χ1v) is 23.3. The zero-order chi connectivity index (χ0) is 44.4. The number of esters is 2. The van der Waals surface area contributed by atoms with Crippen molar-refractivity contribution in [1.82, 2.24) is 25.6 Å². The topological polar surface area (TPSA) is 227 Å². The van der Waals surface area contributed by atoms with Crippen molar-refractivity contribution in [1.29, 1.82) is 0 Å². The number of thiophene rings is 1. The van der Waals surface area contributed by atoms with Crippen LogP contribution in [0.2, 0.25) is 0 Å². The number of aryl methyl sites for hydroxylation is 2.